The molecule has 114 valence electrons. The fourth-order valence-electron chi connectivity index (χ4n) is 3.53. The van der Waals surface area contributed by atoms with Gasteiger partial charge in [-0.1, -0.05) is 47.5 Å². The zero-order valence-corrected chi connectivity index (χ0v) is 14.4. The maximum Gasteiger partial charge on any atom is 0.0654 e. The molecule has 0 aromatic carbocycles. The summed E-state index contributed by atoms with van der Waals surface area (Å²) >= 11 is 0. The van der Waals surface area contributed by atoms with Crippen LogP contribution >= 0.6 is 0 Å². The third-order valence-electron chi connectivity index (χ3n) is 4.70. The normalized spacial score (nSPS) is 27.3. The quantitative estimate of drug-likeness (QED) is 0.623. The number of hydrogen-bond acceptors (Lipinski definition) is 1. The molecule has 1 saturated carbocycles. The van der Waals surface area contributed by atoms with Gasteiger partial charge >= 0.3 is 0 Å². The molecule has 1 unspecified atom stereocenters. The van der Waals surface area contributed by atoms with Gasteiger partial charge in [0.25, 0.3) is 0 Å². The van der Waals surface area contributed by atoms with E-state index in [2.05, 4.69) is 48.5 Å². The molecule has 0 amide bonds. The van der Waals surface area contributed by atoms with Gasteiger partial charge in [-0.25, -0.2) is 0 Å². The molecule has 1 aliphatic rings. The summed E-state index contributed by atoms with van der Waals surface area (Å²) in [7, 11) is 0. The Morgan fingerprint density at radius 2 is 1.53 bits per heavy atom. The molecular weight excluding hydrogens is 232 g/mol. The van der Waals surface area contributed by atoms with Crippen LogP contribution in [-0.4, -0.2) is 12.2 Å². The van der Waals surface area contributed by atoms with Crippen LogP contribution in [0.2, 0.25) is 0 Å². The summed E-state index contributed by atoms with van der Waals surface area (Å²) in [5.41, 5.74) is 0.472. The standard InChI is InChI=1S/C18H36O/c1-14-8-10-16(11-9-14)18(6,7)19-13-15(2)12-17(3,4)5/h14-16H,8-13H2,1-7H3. The second-order valence-electron chi connectivity index (χ2n) is 8.74. The lowest BCUT2D eigenvalue weighted by Crippen LogP contribution is -2.38. The first-order valence-corrected chi connectivity index (χ1v) is 8.24. The zero-order valence-electron chi connectivity index (χ0n) is 14.4. The van der Waals surface area contributed by atoms with Gasteiger partial charge in [0.1, 0.15) is 0 Å². The fraction of sp³-hybridized carbons (Fsp3) is 1.00. The fourth-order valence-corrected chi connectivity index (χ4v) is 3.53. The monoisotopic (exact) mass is 268 g/mol. The Balaban J connectivity index is 2.37. The lowest BCUT2D eigenvalue weighted by molar-refractivity contribution is -0.0867. The SMILES string of the molecule is CC1CCC(C(C)(C)OCC(C)CC(C)(C)C)CC1. The highest BCUT2D eigenvalue weighted by molar-refractivity contribution is 4.84. The van der Waals surface area contributed by atoms with Gasteiger partial charge in [-0.3, -0.25) is 0 Å². The van der Waals surface area contributed by atoms with Crippen molar-refractivity contribution in [2.75, 3.05) is 6.61 Å². The Hall–Kier alpha value is -0.0400. The molecule has 0 N–H and O–H groups in total. The molecule has 1 aliphatic carbocycles. The summed E-state index contributed by atoms with van der Waals surface area (Å²) < 4.78 is 6.31. The molecule has 1 fully saturated rings. The van der Waals surface area contributed by atoms with E-state index in [0.717, 1.165) is 18.4 Å². The van der Waals surface area contributed by atoms with Crippen LogP contribution < -0.4 is 0 Å². The summed E-state index contributed by atoms with van der Waals surface area (Å²) in [6.07, 6.45) is 6.71. The number of ether oxygens (including phenoxy) is 1. The smallest absolute Gasteiger partial charge is 0.0654 e. The Morgan fingerprint density at radius 1 is 1.00 bits per heavy atom. The van der Waals surface area contributed by atoms with Crippen LogP contribution in [0.5, 0.6) is 0 Å². The van der Waals surface area contributed by atoms with Crippen molar-refractivity contribution in [3.8, 4) is 0 Å². The summed E-state index contributed by atoms with van der Waals surface area (Å²) in [4.78, 5) is 0. The minimum absolute atomic E-state index is 0.0618. The van der Waals surface area contributed by atoms with E-state index in [9.17, 15) is 0 Å². The van der Waals surface area contributed by atoms with Gasteiger partial charge in [-0.15, -0.1) is 0 Å². The molecule has 1 nitrogen and oxygen atoms in total. The lowest BCUT2D eigenvalue weighted by Gasteiger charge is -2.39. The van der Waals surface area contributed by atoms with E-state index in [1.807, 2.05) is 0 Å². The molecule has 0 aliphatic heterocycles. The van der Waals surface area contributed by atoms with Crippen molar-refractivity contribution < 1.29 is 4.74 Å². The Bertz CT molecular complexity index is 253. The van der Waals surface area contributed by atoms with E-state index < -0.39 is 0 Å². The molecule has 1 atom stereocenters. The zero-order chi connectivity index (χ0) is 14.7. The van der Waals surface area contributed by atoms with Gasteiger partial charge in [-0.05, 0) is 56.3 Å². The first kappa shape index (κ1) is 17.0. The van der Waals surface area contributed by atoms with Crippen LogP contribution in [-0.2, 0) is 4.74 Å². The van der Waals surface area contributed by atoms with Gasteiger partial charge in [0.05, 0.1) is 5.60 Å². The molecule has 0 bridgehead atoms. The van der Waals surface area contributed by atoms with Crippen LogP contribution in [0.1, 0.15) is 80.6 Å². The molecule has 1 rings (SSSR count). The summed E-state index contributed by atoms with van der Waals surface area (Å²) in [6, 6.07) is 0. The molecular formula is C18H36O. The Kier molecular flexibility index (Phi) is 5.92. The van der Waals surface area contributed by atoms with E-state index in [-0.39, 0.29) is 5.60 Å². The maximum atomic E-state index is 6.31. The Morgan fingerprint density at radius 3 is 2.00 bits per heavy atom. The molecule has 0 radical (unpaired) electrons. The number of rotatable bonds is 5. The summed E-state index contributed by atoms with van der Waals surface area (Å²) in [6.45, 7) is 17.2. The van der Waals surface area contributed by atoms with Crippen molar-refractivity contribution in [3.05, 3.63) is 0 Å². The van der Waals surface area contributed by atoms with Crippen LogP contribution in [0.15, 0.2) is 0 Å². The average molecular weight is 268 g/mol. The predicted octanol–water partition coefficient (Wildman–Crippen LogP) is 5.68. The van der Waals surface area contributed by atoms with Crippen molar-refractivity contribution in [2.24, 2.45) is 23.2 Å². The van der Waals surface area contributed by atoms with Gasteiger partial charge < -0.3 is 4.74 Å². The van der Waals surface area contributed by atoms with Crippen LogP contribution in [0.4, 0.5) is 0 Å². The van der Waals surface area contributed by atoms with Gasteiger partial charge in [0.2, 0.25) is 0 Å². The minimum Gasteiger partial charge on any atom is -0.375 e. The molecule has 0 aromatic rings. The van der Waals surface area contributed by atoms with Gasteiger partial charge in [-0.2, -0.15) is 0 Å². The van der Waals surface area contributed by atoms with E-state index in [1.54, 1.807) is 0 Å². The van der Waals surface area contributed by atoms with E-state index in [4.69, 9.17) is 4.74 Å². The molecule has 0 spiro atoms. The first-order valence-electron chi connectivity index (χ1n) is 8.24. The number of hydrogen-bond donors (Lipinski definition) is 0. The topological polar surface area (TPSA) is 9.23 Å². The maximum absolute atomic E-state index is 6.31. The Labute approximate surface area is 121 Å². The van der Waals surface area contributed by atoms with Crippen molar-refractivity contribution >= 4 is 0 Å². The van der Waals surface area contributed by atoms with Crippen LogP contribution in [0.3, 0.4) is 0 Å². The van der Waals surface area contributed by atoms with E-state index in [0.29, 0.717) is 11.3 Å². The van der Waals surface area contributed by atoms with Crippen LogP contribution in [0.25, 0.3) is 0 Å². The van der Waals surface area contributed by atoms with E-state index >= 15 is 0 Å². The lowest BCUT2D eigenvalue weighted by atomic mass is 9.75. The van der Waals surface area contributed by atoms with Crippen molar-refractivity contribution in [1.82, 2.24) is 0 Å². The molecule has 0 saturated heterocycles. The minimum atomic E-state index is 0.0618. The highest BCUT2D eigenvalue weighted by Crippen LogP contribution is 2.37. The highest BCUT2D eigenvalue weighted by Gasteiger charge is 2.33. The average Bonchev–Trinajstić information content (AvgIpc) is 2.25. The van der Waals surface area contributed by atoms with E-state index in [1.165, 1.54) is 32.1 Å². The molecule has 19 heavy (non-hydrogen) atoms. The highest BCUT2D eigenvalue weighted by atomic mass is 16.5. The van der Waals surface area contributed by atoms with Crippen LogP contribution in [0, 0.1) is 23.2 Å². The summed E-state index contributed by atoms with van der Waals surface area (Å²) in [5, 5.41) is 0. The second-order valence-corrected chi connectivity index (χ2v) is 8.74. The second kappa shape index (κ2) is 6.61. The molecule has 1 heteroatoms. The van der Waals surface area contributed by atoms with Crippen molar-refractivity contribution in [3.63, 3.8) is 0 Å². The van der Waals surface area contributed by atoms with Crippen molar-refractivity contribution in [2.45, 2.75) is 86.2 Å². The largest absolute Gasteiger partial charge is 0.375 e. The predicted molar refractivity (Wildman–Crippen MR) is 84.4 cm³/mol. The van der Waals surface area contributed by atoms with Gasteiger partial charge in [0.15, 0.2) is 0 Å². The summed E-state index contributed by atoms with van der Waals surface area (Å²) in [5.74, 6) is 2.33. The van der Waals surface area contributed by atoms with Gasteiger partial charge in [0, 0.05) is 6.61 Å². The molecule has 0 heterocycles. The third kappa shape index (κ3) is 6.29. The third-order valence-corrected chi connectivity index (χ3v) is 4.70. The first-order chi connectivity index (χ1) is 8.60. The van der Waals surface area contributed by atoms with Crippen molar-refractivity contribution in [1.29, 1.82) is 0 Å². The molecule has 0 aromatic heterocycles.